The van der Waals surface area contributed by atoms with Crippen LogP contribution in [0.2, 0.25) is 0 Å². The van der Waals surface area contributed by atoms with Crippen LogP contribution in [0, 0.1) is 0 Å². The van der Waals surface area contributed by atoms with Crippen LogP contribution in [0.15, 0.2) is 36.5 Å². The summed E-state index contributed by atoms with van der Waals surface area (Å²) in [5.74, 6) is -0.881. The molecule has 0 unspecified atom stereocenters. The van der Waals surface area contributed by atoms with Crippen molar-refractivity contribution in [3.63, 3.8) is 0 Å². The van der Waals surface area contributed by atoms with Crippen molar-refractivity contribution in [1.29, 1.82) is 0 Å². The molecule has 6 nitrogen and oxygen atoms in total. The molecule has 64 heavy (non-hydrogen) atoms. The fraction of sp³-hybridized carbons (Fsp3) is 0.845. The zero-order chi connectivity index (χ0) is 46.5. The summed E-state index contributed by atoms with van der Waals surface area (Å²) in [4.78, 5) is 38.1. The van der Waals surface area contributed by atoms with Gasteiger partial charge in [0.25, 0.3) is 0 Å². The molecule has 0 rings (SSSR count). The van der Waals surface area contributed by atoms with E-state index in [1.54, 1.807) is 0 Å². The van der Waals surface area contributed by atoms with Gasteiger partial charge in [0.05, 0.1) is 0 Å². The Hall–Kier alpha value is -2.37. The van der Waals surface area contributed by atoms with Crippen molar-refractivity contribution < 1.29 is 28.6 Å². The van der Waals surface area contributed by atoms with Crippen molar-refractivity contribution in [3.8, 4) is 0 Å². The maximum atomic E-state index is 12.8. The monoisotopic (exact) mass is 899 g/mol. The van der Waals surface area contributed by atoms with Gasteiger partial charge in [0.15, 0.2) is 6.10 Å². The van der Waals surface area contributed by atoms with Crippen molar-refractivity contribution in [2.45, 2.75) is 303 Å². The molecule has 0 aromatic rings. The molecule has 0 radical (unpaired) electrons. The molecule has 0 spiro atoms. The summed E-state index contributed by atoms with van der Waals surface area (Å²) in [5, 5.41) is 0. The molecule has 0 saturated carbocycles. The number of hydrogen-bond donors (Lipinski definition) is 0. The molecule has 0 aliphatic rings. The highest BCUT2D eigenvalue weighted by molar-refractivity contribution is 5.71. The molecule has 374 valence electrons. The Labute approximate surface area is 397 Å². The molecule has 6 heteroatoms. The first-order valence-corrected chi connectivity index (χ1v) is 28.0. The van der Waals surface area contributed by atoms with Gasteiger partial charge in [0.1, 0.15) is 13.2 Å². The van der Waals surface area contributed by atoms with E-state index in [2.05, 4.69) is 57.2 Å². The third-order valence-electron chi connectivity index (χ3n) is 12.4. The lowest BCUT2D eigenvalue weighted by Crippen LogP contribution is -2.30. The third-order valence-corrected chi connectivity index (χ3v) is 12.4. The van der Waals surface area contributed by atoms with E-state index in [0.29, 0.717) is 19.3 Å². The predicted octanol–water partition coefficient (Wildman–Crippen LogP) is 18.5. The number of hydrogen-bond acceptors (Lipinski definition) is 6. The van der Waals surface area contributed by atoms with E-state index in [4.69, 9.17) is 14.2 Å². The predicted molar refractivity (Wildman–Crippen MR) is 275 cm³/mol. The minimum absolute atomic E-state index is 0.0748. The first-order valence-electron chi connectivity index (χ1n) is 28.0. The second-order valence-electron chi connectivity index (χ2n) is 18.9. The summed E-state index contributed by atoms with van der Waals surface area (Å²) < 4.78 is 16.8. The number of carbonyl (C=O) groups excluding carboxylic acids is 3. The lowest BCUT2D eigenvalue weighted by Gasteiger charge is -2.18. The topological polar surface area (TPSA) is 78.9 Å². The quantitative estimate of drug-likeness (QED) is 0.0262. The fourth-order valence-corrected chi connectivity index (χ4v) is 8.16. The Morgan fingerprint density at radius 3 is 0.906 bits per heavy atom. The van der Waals surface area contributed by atoms with Crippen LogP contribution in [-0.4, -0.2) is 37.2 Å². The average Bonchev–Trinajstić information content (AvgIpc) is 3.29. The van der Waals surface area contributed by atoms with E-state index in [1.807, 2.05) is 0 Å². The molecular weight excluding hydrogens is 793 g/mol. The molecule has 1 atom stereocenters. The van der Waals surface area contributed by atoms with E-state index in [1.165, 1.54) is 173 Å². The highest BCUT2D eigenvalue weighted by atomic mass is 16.6. The zero-order valence-electron chi connectivity index (χ0n) is 42.8. The summed E-state index contributed by atoms with van der Waals surface area (Å²) in [6, 6.07) is 0. The lowest BCUT2D eigenvalue weighted by molar-refractivity contribution is -0.167. The number of ether oxygens (including phenoxy) is 3. The van der Waals surface area contributed by atoms with Gasteiger partial charge in [-0.1, -0.05) is 256 Å². The first-order chi connectivity index (χ1) is 31.5. The van der Waals surface area contributed by atoms with E-state index in [0.717, 1.165) is 83.5 Å². The molecule has 0 bridgehead atoms. The normalized spacial score (nSPS) is 12.2. The van der Waals surface area contributed by atoms with Crippen molar-refractivity contribution in [1.82, 2.24) is 0 Å². The number of unbranched alkanes of at least 4 members (excludes halogenated alkanes) is 34. The van der Waals surface area contributed by atoms with Crippen LogP contribution in [0.3, 0.4) is 0 Å². The maximum Gasteiger partial charge on any atom is 0.306 e. The standard InChI is InChI=1S/C58H106O6/c1-4-7-10-13-16-19-22-25-27-29-31-33-36-39-42-45-48-51-57(60)63-54-55(53-62-56(59)50-47-44-41-38-35-24-21-18-15-12-9-6-3)64-58(61)52-49-46-43-40-37-34-32-30-28-26-23-20-17-14-11-8-5-2/h16,19,25,27,31,33,55H,4-15,17-18,20-24,26,28-30,32,34-54H2,1-3H3/b19-16-,27-25-,33-31-/t55-/m0/s1. The minimum atomic E-state index is -0.776. The molecule has 0 saturated heterocycles. The van der Waals surface area contributed by atoms with Crippen molar-refractivity contribution in [2.75, 3.05) is 13.2 Å². The fourth-order valence-electron chi connectivity index (χ4n) is 8.16. The van der Waals surface area contributed by atoms with E-state index >= 15 is 0 Å². The number of allylic oxidation sites excluding steroid dienone is 6. The Morgan fingerprint density at radius 2 is 0.562 bits per heavy atom. The van der Waals surface area contributed by atoms with Gasteiger partial charge in [-0.05, 0) is 57.8 Å². The van der Waals surface area contributed by atoms with E-state index in [-0.39, 0.29) is 31.1 Å². The van der Waals surface area contributed by atoms with Crippen LogP contribution in [0.1, 0.15) is 297 Å². The van der Waals surface area contributed by atoms with Crippen LogP contribution in [0.5, 0.6) is 0 Å². The highest BCUT2D eigenvalue weighted by Crippen LogP contribution is 2.16. The Bertz CT molecular complexity index is 1080. The zero-order valence-corrected chi connectivity index (χ0v) is 42.8. The van der Waals surface area contributed by atoms with Crippen LogP contribution >= 0.6 is 0 Å². The Morgan fingerprint density at radius 1 is 0.312 bits per heavy atom. The Kier molecular flexibility index (Phi) is 51.3. The van der Waals surface area contributed by atoms with Gasteiger partial charge >= 0.3 is 17.9 Å². The van der Waals surface area contributed by atoms with Crippen molar-refractivity contribution >= 4 is 17.9 Å². The van der Waals surface area contributed by atoms with Crippen LogP contribution in [-0.2, 0) is 28.6 Å². The number of carbonyl (C=O) groups is 3. The van der Waals surface area contributed by atoms with Gasteiger partial charge in [0, 0.05) is 19.3 Å². The number of esters is 3. The van der Waals surface area contributed by atoms with Crippen molar-refractivity contribution in [3.05, 3.63) is 36.5 Å². The smallest absolute Gasteiger partial charge is 0.306 e. The summed E-state index contributed by atoms with van der Waals surface area (Å²) in [5.41, 5.74) is 0. The Balaban J connectivity index is 4.36. The number of rotatable bonds is 51. The molecule has 0 amide bonds. The van der Waals surface area contributed by atoms with Gasteiger partial charge in [-0.25, -0.2) is 0 Å². The molecule has 0 aromatic carbocycles. The van der Waals surface area contributed by atoms with E-state index < -0.39 is 6.10 Å². The van der Waals surface area contributed by atoms with Gasteiger partial charge in [-0.15, -0.1) is 0 Å². The summed E-state index contributed by atoms with van der Waals surface area (Å²) in [7, 11) is 0. The van der Waals surface area contributed by atoms with Crippen LogP contribution in [0.4, 0.5) is 0 Å². The molecule has 0 aliphatic heterocycles. The van der Waals surface area contributed by atoms with Crippen LogP contribution in [0.25, 0.3) is 0 Å². The minimum Gasteiger partial charge on any atom is -0.462 e. The van der Waals surface area contributed by atoms with Gasteiger partial charge in [0.2, 0.25) is 0 Å². The van der Waals surface area contributed by atoms with Gasteiger partial charge in [-0.2, -0.15) is 0 Å². The van der Waals surface area contributed by atoms with E-state index in [9.17, 15) is 14.4 Å². The van der Waals surface area contributed by atoms with Crippen molar-refractivity contribution in [2.24, 2.45) is 0 Å². The molecular formula is C58H106O6. The largest absolute Gasteiger partial charge is 0.462 e. The van der Waals surface area contributed by atoms with Gasteiger partial charge in [-0.3, -0.25) is 14.4 Å². The lowest BCUT2D eigenvalue weighted by atomic mass is 10.0. The SMILES string of the molecule is CCCCC/C=C\C/C=C\C/C=C\CCCCCCC(=O)OC[C@H](COC(=O)CCCCCCCCCCCCCC)OC(=O)CCCCCCCCCCCCCCCCCCC. The molecule has 0 aliphatic carbocycles. The summed E-state index contributed by atoms with van der Waals surface area (Å²) in [6.45, 7) is 6.63. The summed E-state index contributed by atoms with van der Waals surface area (Å²) >= 11 is 0. The van der Waals surface area contributed by atoms with Gasteiger partial charge < -0.3 is 14.2 Å². The second kappa shape index (κ2) is 53.2. The summed E-state index contributed by atoms with van der Waals surface area (Å²) in [6.07, 6.45) is 62.7. The molecule has 0 N–H and O–H groups in total. The molecule has 0 fully saturated rings. The second-order valence-corrected chi connectivity index (χ2v) is 18.9. The van der Waals surface area contributed by atoms with Crippen LogP contribution < -0.4 is 0 Å². The third kappa shape index (κ3) is 50.6. The maximum absolute atomic E-state index is 12.8. The molecule has 0 aromatic heterocycles. The molecule has 0 heterocycles. The highest BCUT2D eigenvalue weighted by Gasteiger charge is 2.19. The average molecular weight is 899 g/mol. The first kappa shape index (κ1) is 61.6.